The SMILES string of the molecule is C[C@@H](c1ccccc1)N(C)C(=O)c1ccc(-c2nnc(-c3ccccc3)o2)cc1. The number of hydrogen-bond acceptors (Lipinski definition) is 4. The fraction of sp³-hybridized carbons (Fsp3) is 0.125. The fourth-order valence-corrected chi connectivity index (χ4v) is 3.13. The van der Waals surface area contributed by atoms with Gasteiger partial charge in [-0.05, 0) is 48.9 Å². The van der Waals surface area contributed by atoms with Gasteiger partial charge >= 0.3 is 0 Å². The first kappa shape index (κ1) is 18.6. The second-order valence-electron chi connectivity index (χ2n) is 6.86. The van der Waals surface area contributed by atoms with Crippen molar-refractivity contribution >= 4 is 5.91 Å². The number of carbonyl (C=O) groups excluding carboxylic acids is 1. The number of nitrogens with zero attached hydrogens (tertiary/aromatic N) is 3. The summed E-state index contributed by atoms with van der Waals surface area (Å²) in [4.78, 5) is 14.6. The lowest BCUT2D eigenvalue weighted by molar-refractivity contribution is 0.0742. The molecule has 0 N–H and O–H groups in total. The molecular weight excluding hydrogens is 362 g/mol. The Morgan fingerprint density at radius 1 is 0.793 bits per heavy atom. The highest BCUT2D eigenvalue weighted by molar-refractivity contribution is 5.94. The molecule has 4 aromatic rings. The monoisotopic (exact) mass is 383 g/mol. The zero-order valence-electron chi connectivity index (χ0n) is 16.3. The summed E-state index contributed by atoms with van der Waals surface area (Å²) in [7, 11) is 1.82. The normalized spacial score (nSPS) is 11.8. The van der Waals surface area contributed by atoms with Crippen LogP contribution >= 0.6 is 0 Å². The molecule has 0 aliphatic carbocycles. The van der Waals surface area contributed by atoms with Crippen molar-refractivity contribution in [3.05, 3.63) is 96.1 Å². The zero-order chi connectivity index (χ0) is 20.2. The number of hydrogen-bond donors (Lipinski definition) is 0. The molecule has 144 valence electrons. The highest BCUT2D eigenvalue weighted by Gasteiger charge is 2.19. The summed E-state index contributed by atoms with van der Waals surface area (Å²) < 4.78 is 5.78. The quantitative estimate of drug-likeness (QED) is 0.473. The van der Waals surface area contributed by atoms with Gasteiger partial charge in [-0.3, -0.25) is 4.79 Å². The van der Waals surface area contributed by atoms with Crippen molar-refractivity contribution in [3.63, 3.8) is 0 Å². The smallest absolute Gasteiger partial charge is 0.254 e. The molecule has 0 aliphatic heterocycles. The Bertz CT molecular complexity index is 1090. The van der Waals surface area contributed by atoms with Gasteiger partial charge < -0.3 is 9.32 Å². The first-order valence-electron chi connectivity index (χ1n) is 9.45. The molecule has 0 saturated carbocycles. The Morgan fingerprint density at radius 2 is 1.31 bits per heavy atom. The Labute approximate surface area is 169 Å². The second-order valence-corrected chi connectivity index (χ2v) is 6.86. The minimum atomic E-state index is -0.0385. The summed E-state index contributed by atoms with van der Waals surface area (Å²) in [5.74, 6) is 0.856. The largest absolute Gasteiger partial charge is 0.416 e. The van der Waals surface area contributed by atoms with Crippen molar-refractivity contribution in [3.8, 4) is 22.9 Å². The van der Waals surface area contributed by atoms with Crippen molar-refractivity contribution in [2.24, 2.45) is 0 Å². The lowest BCUT2D eigenvalue weighted by Gasteiger charge is -2.25. The average Bonchev–Trinajstić information content (AvgIpc) is 3.29. The van der Waals surface area contributed by atoms with Crippen LogP contribution in [0.5, 0.6) is 0 Å². The first-order chi connectivity index (χ1) is 14.1. The molecule has 1 atom stereocenters. The summed E-state index contributed by atoms with van der Waals surface area (Å²) in [6.45, 7) is 2.02. The third-order valence-corrected chi connectivity index (χ3v) is 5.01. The number of aromatic nitrogens is 2. The molecule has 0 aliphatic rings. The van der Waals surface area contributed by atoms with Crippen molar-refractivity contribution in [2.45, 2.75) is 13.0 Å². The fourth-order valence-electron chi connectivity index (χ4n) is 3.13. The summed E-state index contributed by atoms with van der Waals surface area (Å²) in [6.07, 6.45) is 0. The Morgan fingerprint density at radius 3 is 1.90 bits per heavy atom. The maximum Gasteiger partial charge on any atom is 0.254 e. The molecule has 0 bridgehead atoms. The van der Waals surface area contributed by atoms with Crippen LogP contribution in [0.2, 0.25) is 0 Å². The minimum Gasteiger partial charge on any atom is -0.416 e. The van der Waals surface area contributed by atoms with Crippen molar-refractivity contribution < 1.29 is 9.21 Å². The van der Waals surface area contributed by atoms with Gasteiger partial charge in [0.25, 0.3) is 5.91 Å². The van der Waals surface area contributed by atoms with E-state index in [2.05, 4.69) is 10.2 Å². The number of rotatable bonds is 5. The van der Waals surface area contributed by atoms with Crippen LogP contribution in [0.15, 0.2) is 89.3 Å². The third kappa shape index (κ3) is 3.94. The molecular formula is C24H21N3O2. The van der Waals surface area contributed by atoms with E-state index in [0.717, 1.165) is 16.7 Å². The van der Waals surface area contributed by atoms with E-state index in [0.29, 0.717) is 17.3 Å². The van der Waals surface area contributed by atoms with Crippen molar-refractivity contribution in [2.75, 3.05) is 7.05 Å². The van der Waals surface area contributed by atoms with Crippen LogP contribution in [0, 0.1) is 0 Å². The van der Waals surface area contributed by atoms with Gasteiger partial charge in [0.2, 0.25) is 11.8 Å². The molecule has 5 heteroatoms. The molecule has 29 heavy (non-hydrogen) atoms. The van der Waals surface area contributed by atoms with E-state index in [9.17, 15) is 4.79 Å². The second kappa shape index (κ2) is 8.10. The summed E-state index contributed by atoms with van der Waals surface area (Å²) >= 11 is 0. The predicted molar refractivity (Wildman–Crippen MR) is 112 cm³/mol. The maximum atomic E-state index is 12.9. The molecule has 3 aromatic carbocycles. The summed E-state index contributed by atoms with van der Waals surface area (Å²) in [6, 6.07) is 26.8. The van der Waals surface area contributed by atoms with Crippen molar-refractivity contribution in [1.82, 2.24) is 15.1 Å². The third-order valence-electron chi connectivity index (χ3n) is 5.01. The van der Waals surface area contributed by atoms with E-state index < -0.39 is 0 Å². The van der Waals surface area contributed by atoms with Crippen LogP contribution in [0.1, 0.15) is 28.9 Å². The van der Waals surface area contributed by atoms with Crippen LogP contribution in [0.25, 0.3) is 22.9 Å². The van der Waals surface area contributed by atoms with E-state index in [1.807, 2.05) is 86.8 Å². The molecule has 1 heterocycles. The van der Waals surface area contributed by atoms with Crippen LogP contribution < -0.4 is 0 Å². The van der Waals surface area contributed by atoms with E-state index >= 15 is 0 Å². The molecule has 4 rings (SSSR count). The van der Waals surface area contributed by atoms with Gasteiger partial charge in [0.1, 0.15) is 0 Å². The molecule has 1 aromatic heterocycles. The molecule has 0 spiro atoms. The summed E-state index contributed by atoms with van der Waals surface area (Å²) in [5, 5.41) is 8.24. The van der Waals surface area contributed by atoms with Gasteiger partial charge in [-0.2, -0.15) is 0 Å². The first-order valence-corrected chi connectivity index (χ1v) is 9.45. The maximum absolute atomic E-state index is 12.9. The number of benzene rings is 3. The van der Waals surface area contributed by atoms with Gasteiger partial charge in [-0.25, -0.2) is 0 Å². The van der Waals surface area contributed by atoms with Gasteiger partial charge in [-0.1, -0.05) is 48.5 Å². The zero-order valence-corrected chi connectivity index (χ0v) is 16.3. The number of carbonyl (C=O) groups is 1. The van der Waals surface area contributed by atoms with Gasteiger partial charge in [-0.15, -0.1) is 10.2 Å². The van der Waals surface area contributed by atoms with E-state index in [4.69, 9.17) is 4.42 Å². The lowest BCUT2D eigenvalue weighted by Crippen LogP contribution is -2.29. The van der Waals surface area contributed by atoms with E-state index in [1.165, 1.54) is 0 Å². The van der Waals surface area contributed by atoms with Gasteiger partial charge in [0.15, 0.2) is 0 Å². The predicted octanol–water partition coefficient (Wildman–Crippen LogP) is 5.24. The van der Waals surface area contributed by atoms with Crippen molar-refractivity contribution in [1.29, 1.82) is 0 Å². The standard InChI is InChI=1S/C24H21N3O2/c1-17(18-9-5-3-6-10-18)27(2)24(28)21-15-13-20(14-16-21)23-26-25-22(29-23)19-11-7-4-8-12-19/h3-17H,1-2H3/t17-/m0/s1. The Balaban J connectivity index is 1.51. The molecule has 0 unspecified atom stereocenters. The topological polar surface area (TPSA) is 59.2 Å². The van der Waals surface area contributed by atoms with Gasteiger partial charge in [0.05, 0.1) is 6.04 Å². The van der Waals surface area contributed by atoms with E-state index in [1.54, 1.807) is 17.0 Å². The summed E-state index contributed by atoms with van der Waals surface area (Å²) in [5.41, 5.74) is 3.35. The molecule has 0 radical (unpaired) electrons. The molecule has 0 fully saturated rings. The van der Waals surface area contributed by atoms with Crippen LogP contribution in [0.3, 0.4) is 0 Å². The highest BCUT2D eigenvalue weighted by atomic mass is 16.4. The highest BCUT2D eigenvalue weighted by Crippen LogP contribution is 2.25. The Hall–Kier alpha value is -3.73. The molecule has 5 nitrogen and oxygen atoms in total. The van der Waals surface area contributed by atoms with Crippen LogP contribution in [-0.2, 0) is 0 Å². The molecule has 0 saturated heterocycles. The Kier molecular flexibility index (Phi) is 5.20. The lowest BCUT2D eigenvalue weighted by atomic mass is 10.1. The van der Waals surface area contributed by atoms with E-state index in [-0.39, 0.29) is 11.9 Å². The molecule has 1 amide bonds. The average molecular weight is 383 g/mol. The van der Waals surface area contributed by atoms with Crippen LogP contribution in [-0.4, -0.2) is 28.1 Å². The van der Waals surface area contributed by atoms with Crippen LogP contribution in [0.4, 0.5) is 0 Å². The van der Waals surface area contributed by atoms with Gasteiger partial charge in [0, 0.05) is 23.7 Å². The number of amides is 1. The minimum absolute atomic E-state index is 0.0206.